The van der Waals surface area contributed by atoms with Gasteiger partial charge in [-0.25, -0.2) is 0 Å². The van der Waals surface area contributed by atoms with Crippen molar-refractivity contribution in [2.75, 3.05) is 25.0 Å². The van der Waals surface area contributed by atoms with Gasteiger partial charge >= 0.3 is 0 Å². The zero-order valence-corrected chi connectivity index (χ0v) is 13.1. The molecule has 1 N–H and O–H groups in total. The molecule has 2 atom stereocenters. The third-order valence-corrected chi connectivity index (χ3v) is 4.56. The number of rotatable bonds is 4. The van der Waals surface area contributed by atoms with Crippen LogP contribution >= 0.6 is 23.2 Å². The highest BCUT2D eigenvalue weighted by molar-refractivity contribution is 6.36. The molecule has 2 rings (SSSR count). The van der Waals surface area contributed by atoms with E-state index in [-0.39, 0.29) is 0 Å². The summed E-state index contributed by atoms with van der Waals surface area (Å²) in [5, 5.41) is 4.91. The fourth-order valence-corrected chi connectivity index (χ4v) is 3.22. The van der Waals surface area contributed by atoms with E-state index in [0.29, 0.717) is 22.0 Å². The van der Waals surface area contributed by atoms with Gasteiger partial charge in [0, 0.05) is 17.6 Å². The van der Waals surface area contributed by atoms with E-state index in [4.69, 9.17) is 23.2 Å². The minimum atomic E-state index is 0.424. The van der Waals surface area contributed by atoms with E-state index in [1.165, 1.54) is 25.9 Å². The van der Waals surface area contributed by atoms with Gasteiger partial charge in [0.25, 0.3) is 0 Å². The Bertz CT molecular complexity index is 423. The van der Waals surface area contributed by atoms with Gasteiger partial charge in [-0.3, -0.25) is 0 Å². The van der Waals surface area contributed by atoms with Crippen molar-refractivity contribution < 1.29 is 0 Å². The number of hydrogen-bond donors (Lipinski definition) is 1. The molecule has 19 heavy (non-hydrogen) atoms. The lowest BCUT2D eigenvalue weighted by Crippen LogP contribution is -2.41. The van der Waals surface area contributed by atoms with Crippen molar-refractivity contribution in [1.82, 2.24) is 4.90 Å². The Morgan fingerprint density at radius 3 is 2.89 bits per heavy atom. The van der Waals surface area contributed by atoms with Crippen LogP contribution in [-0.4, -0.2) is 30.6 Å². The summed E-state index contributed by atoms with van der Waals surface area (Å²) in [7, 11) is 0. The molecule has 2 unspecified atom stereocenters. The number of nitrogens with one attached hydrogen (secondary N) is 1. The van der Waals surface area contributed by atoms with Crippen LogP contribution in [0.15, 0.2) is 18.2 Å². The van der Waals surface area contributed by atoms with Gasteiger partial charge in [-0.05, 0) is 57.0 Å². The summed E-state index contributed by atoms with van der Waals surface area (Å²) in [6.45, 7) is 8.04. The van der Waals surface area contributed by atoms with Crippen LogP contribution in [0.2, 0.25) is 10.0 Å². The van der Waals surface area contributed by atoms with E-state index in [1.807, 2.05) is 12.1 Å². The van der Waals surface area contributed by atoms with Crippen LogP contribution in [0.3, 0.4) is 0 Å². The highest BCUT2D eigenvalue weighted by Crippen LogP contribution is 2.28. The van der Waals surface area contributed by atoms with Crippen LogP contribution in [0.25, 0.3) is 0 Å². The van der Waals surface area contributed by atoms with Gasteiger partial charge in [0.1, 0.15) is 0 Å². The van der Waals surface area contributed by atoms with Crippen LogP contribution in [0, 0.1) is 5.92 Å². The molecule has 106 valence electrons. The lowest BCUT2D eigenvalue weighted by Gasteiger charge is -2.35. The molecule has 1 saturated heterocycles. The highest BCUT2D eigenvalue weighted by atomic mass is 35.5. The molecule has 0 radical (unpaired) electrons. The minimum Gasteiger partial charge on any atom is -0.381 e. The lowest BCUT2D eigenvalue weighted by atomic mass is 9.91. The molecule has 2 nitrogen and oxygen atoms in total. The zero-order valence-electron chi connectivity index (χ0n) is 11.6. The molecular formula is C15H22Cl2N2. The Kier molecular flexibility index (Phi) is 5.37. The topological polar surface area (TPSA) is 15.3 Å². The van der Waals surface area contributed by atoms with Crippen molar-refractivity contribution in [3.05, 3.63) is 28.2 Å². The van der Waals surface area contributed by atoms with Gasteiger partial charge < -0.3 is 10.2 Å². The average molecular weight is 301 g/mol. The third kappa shape index (κ3) is 4.01. The van der Waals surface area contributed by atoms with Gasteiger partial charge in [0.2, 0.25) is 0 Å². The van der Waals surface area contributed by atoms with Crippen LogP contribution in [-0.2, 0) is 0 Å². The first kappa shape index (κ1) is 15.0. The van der Waals surface area contributed by atoms with Crippen molar-refractivity contribution >= 4 is 28.9 Å². The molecule has 1 fully saturated rings. The monoisotopic (exact) mass is 300 g/mol. The first-order chi connectivity index (χ1) is 9.10. The van der Waals surface area contributed by atoms with Gasteiger partial charge in [0.05, 0.1) is 10.7 Å². The smallest absolute Gasteiger partial charge is 0.0652 e. The van der Waals surface area contributed by atoms with Crippen molar-refractivity contribution in [3.63, 3.8) is 0 Å². The number of nitrogens with zero attached hydrogens (tertiary/aromatic N) is 1. The molecule has 0 aromatic heterocycles. The number of hydrogen-bond acceptors (Lipinski definition) is 2. The summed E-state index contributed by atoms with van der Waals surface area (Å²) in [6.07, 6.45) is 2.58. The first-order valence-electron chi connectivity index (χ1n) is 7.04. The van der Waals surface area contributed by atoms with Crippen LogP contribution in [0.1, 0.15) is 26.7 Å². The van der Waals surface area contributed by atoms with Crippen molar-refractivity contribution in [1.29, 1.82) is 0 Å². The molecule has 0 saturated carbocycles. The van der Waals surface area contributed by atoms with E-state index in [0.717, 1.165) is 12.2 Å². The average Bonchev–Trinajstić information content (AvgIpc) is 2.42. The quantitative estimate of drug-likeness (QED) is 0.879. The van der Waals surface area contributed by atoms with E-state index >= 15 is 0 Å². The van der Waals surface area contributed by atoms with E-state index in [9.17, 15) is 0 Å². The molecule has 0 aliphatic carbocycles. The summed E-state index contributed by atoms with van der Waals surface area (Å²) in [5.41, 5.74) is 0.979. The first-order valence-corrected chi connectivity index (χ1v) is 7.79. The standard InChI is InChI=1S/C15H22Cl2N2/c1-3-19-8-4-5-12(10-19)11(2)18-15-7-6-13(16)9-14(15)17/h6-7,9,11-12,18H,3-5,8,10H2,1-2H3. The van der Waals surface area contributed by atoms with Gasteiger partial charge in [-0.1, -0.05) is 30.1 Å². The van der Waals surface area contributed by atoms with Crippen molar-refractivity contribution in [2.24, 2.45) is 5.92 Å². The molecule has 4 heteroatoms. The molecule has 1 aromatic rings. The van der Waals surface area contributed by atoms with Gasteiger partial charge in [-0.15, -0.1) is 0 Å². The molecule has 0 bridgehead atoms. The lowest BCUT2D eigenvalue weighted by molar-refractivity contribution is 0.172. The summed E-state index contributed by atoms with van der Waals surface area (Å²) in [6, 6.07) is 6.05. The highest BCUT2D eigenvalue weighted by Gasteiger charge is 2.24. The van der Waals surface area contributed by atoms with Crippen LogP contribution in [0.4, 0.5) is 5.69 Å². The Morgan fingerprint density at radius 1 is 1.42 bits per heavy atom. The Balaban J connectivity index is 1.98. The largest absolute Gasteiger partial charge is 0.381 e. The fraction of sp³-hybridized carbons (Fsp3) is 0.600. The second kappa shape index (κ2) is 6.83. The molecule has 1 aliphatic heterocycles. The van der Waals surface area contributed by atoms with Crippen molar-refractivity contribution in [2.45, 2.75) is 32.7 Å². The Morgan fingerprint density at radius 2 is 2.21 bits per heavy atom. The molecule has 1 heterocycles. The van der Waals surface area contributed by atoms with Crippen LogP contribution < -0.4 is 5.32 Å². The number of likely N-dealkylation sites (tertiary alicyclic amines) is 1. The predicted molar refractivity (Wildman–Crippen MR) is 84.4 cm³/mol. The number of anilines is 1. The predicted octanol–water partition coefficient (Wildman–Crippen LogP) is 4.53. The summed E-state index contributed by atoms with van der Waals surface area (Å²) >= 11 is 12.1. The van der Waals surface area contributed by atoms with Crippen molar-refractivity contribution in [3.8, 4) is 0 Å². The zero-order chi connectivity index (χ0) is 13.8. The SMILES string of the molecule is CCN1CCCC(C(C)Nc2ccc(Cl)cc2Cl)C1. The number of piperidine rings is 1. The van der Waals surface area contributed by atoms with Gasteiger partial charge in [-0.2, -0.15) is 0 Å². The summed E-state index contributed by atoms with van der Waals surface area (Å²) in [5.74, 6) is 0.681. The number of benzene rings is 1. The molecule has 1 aromatic carbocycles. The van der Waals surface area contributed by atoms with Gasteiger partial charge in [0.15, 0.2) is 0 Å². The van der Waals surface area contributed by atoms with E-state index in [2.05, 4.69) is 24.1 Å². The van der Waals surface area contributed by atoms with E-state index < -0.39 is 0 Å². The Hall–Kier alpha value is -0.440. The summed E-state index contributed by atoms with van der Waals surface area (Å²) < 4.78 is 0. The maximum atomic E-state index is 6.21. The second-order valence-corrected chi connectivity index (χ2v) is 6.20. The molecule has 0 amide bonds. The normalized spacial score (nSPS) is 22.2. The summed E-state index contributed by atoms with van der Waals surface area (Å²) in [4.78, 5) is 2.52. The minimum absolute atomic E-state index is 0.424. The number of halogens is 2. The molecule has 1 aliphatic rings. The maximum Gasteiger partial charge on any atom is 0.0652 e. The fourth-order valence-electron chi connectivity index (χ4n) is 2.76. The Labute approximate surface area is 126 Å². The third-order valence-electron chi connectivity index (χ3n) is 4.01. The maximum absolute atomic E-state index is 6.21. The van der Waals surface area contributed by atoms with E-state index in [1.54, 1.807) is 6.07 Å². The molecular weight excluding hydrogens is 279 g/mol. The van der Waals surface area contributed by atoms with Crippen LogP contribution in [0.5, 0.6) is 0 Å². The molecule has 0 spiro atoms. The second-order valence-electron chi connectivity index (χ2n) is 5.35.